The van der Waals surface area contributed by atoms with Crippen LogP contribution in [-0.4, -0.2) is 44.3 Å². The molecule has 1 aromatic carbocycles. The number of nitrogens with zero attached hydrogens (tertiary/aromatic N) is 1. The van der Waals surface area contributed by atoms with Gasteiger partial charge in [-0.1, -0.05) is 6.42 Å². The molecule has 0 bridgehead atoms. The van der Waals surface area contributed by atoms with Crippen molar-refractivity contribution in [1.29, 1.82) is 0 Å². The van der Waals surface area contributed by atoms with Crippen molar-refractivity contribution >= 4 is 38.2 Å². The van der Waals surface area contributed by atoms with Crippen LogP contribution in [0.4, 0.5) is 5.00 Å². The third-order valence-electron chi connectivity index (χ3n) is 4.69. The number of piperidine rings is 1. The van der Waals surface area contributed by atoms with Crippen LogP contribution in [0.3, 0.4) is 0 Å². The summed E-state index contributed by atoms with van der Waals surface area (Å²) in [7, 11) is -2.28. The van der Waals surface area contributed by atoms with Crippen LogP contribution in [0.1, 0.15) is 46.2 Å². The Balaban J connectivity index is 1.72. The van der Waals surface area contributed by atoms with Gasteiger partial charge in [-0.15, -0.1) is 11.3 Å². The van der Waals surface area contributed by atoms with Crippen LogP contribution in [0.5, 0.6) is 0 Å². The lowest BCUT2D eigenvalue weighted by Gasteiger charge is -2.32. The van der Waals surface area contributed by atoms with Gasteiger partial charge in [0, 0.05) is 18.2 Å². The van der Waals surface area contributed by atoms with Gasteiger partial charge in [0.2, 0.25) is 10.0 Å². The highest BCUT2D eigenvalue weighted by Crippen LogP contribution is 2.26. The number of benzene rings is 1. The zero-order valence-corrected chi connectivity index (χ0v) is 17.3. The maximum Gasteiger partial charge on any atom is 0.348 e. The summed E-state index contributed by atoms with van der Waals surface area (Å²) < 4.78 is 31.9. The summed E-state index contributed by atoms with van der Waals surface area (Å²) >= 11 is 1.11. The first-order valence-corrected chi connectivity index (χ1v) is 11.2. The number of anilines is 1. The molecule has 2 aromatic rings. The zero-order chi connectivity index (χ0) is 20.3. The maximum absolute atomic E-state index is 12.8. The molecule has 0 saturated carbocycles. The largest absolute Gasteiger partial charge is 0.465 e. The highest BCUT2D eigenvalue weighted by atomic mass is 32.2. The molecule has 1 fully saturated rings. The number of sulfonamides is 1. The molecular formula is C19H22N2O5S2. The van der Waals surface area contributed by atoms with E-state index in [4.69, 9.17) is 0 Å². The summed E-state index contributed by atoms with van der Waals surface area (Å²) in [6.45, 7) is 2.44. The molecule has 2 heterocycles. The highest BCUT2D eigenvalue weighted by Gasteiger charge is 2.30. The Morgan fingerprint density at radius 1 is 1.14 bits per heavy atom. The third-order valence-corrected chi connectivity index (χ3v) is 7.70. The Bertz CT molecular complexity index is 966. The second-order valence-electron chi connectivity index (χ2n) is 6.59. The van der Waals surface area contributed by atoms with Gasteiger partial charge in [-0.05, 0) is 56.2 Å². The van der Waals surface area contributed by atoms with Gasteiger partial charge >= 0.3 is 5.97 Å². The van der Waals surface area contributed by atoms with E-state index in [1.54, 1.807) is 12.1 Å². The smallest absolute Gasteiger partial charge is 0.348 e. The van der Waals surface area contributed by atoms with E-state index in [-0.39, 0.29) is 16.8 Å². The number of amides is 1. The summed E-state index contributed by atoms with van der Waals surface area (Å²) in [5.74, 6) is -0.847. The number of carbonyl (C=O) groups is 2. The molecule has 1 aliphatic rings. The molecule has 1 saturated heterocycles. The fourth-order valence-corrected chi connectivity index (χ4v) is 5.66. The molecule has 0 spiro atoms. The minimum absolute atomic E-state index is 0.0236. The third kappa shape index (κ3) is 4.26. The normalized spacial score (nSPS) is 17.9. The minimum atomic E-state index is -3.57. The predicted molar refractivity (Wildman–Crippen MR) is 107 cm³/mol. The molecule has 1 aromatic heterocycles. The van der Waals surface area contributed by atoms with Crippen LogP contribution in [0.2, 0.25) is 0 Å². The molecule has 1 unspecified atom stereocenters. The van der Waals surface area contributed by atoms with Gasteiger partial charge in [0.15, 0.2) is 0 Å². The lowest BCUT2D eigenvalue weighted by Crippen LogP contribution is -2.41. The van der Waals surface area contributed by atoms with E-state index in [9.17, 15) is 18.0 Å². The van der Waals surface area contributed by atoms with Crippen molar-refractivity contribution in [2.45, 2.75) is 37.1 Å². The summed E-state index contributed by atoms with van der Waals surface area (Å²) in [5, 5.41) is 3.20. The van der Waals surface area contributed by atoms with E-state index in [1.807, 2.05) is 6.92 Å². The monoisotopic (exact) mass is 422 g/mol. The Hall–Kier alpha value is -2.23. The molecule has 0 aliphatic carbocycles. The zero-order valence-electron chi connectivity index (χ0n) is 15.7. The van der Waals surface area contributed by atoms with E-state index in [0.29, 0.717) is 22.0 Å². The van der Waals surface area contributed by atoms with Gasteiger partial charge < -0.3 is 10.1 Å². The van der Waals surface area contributed by atoms with Crippen molar-refractivity contribution < 1.29 is 22.7 Å². The van der Waals surface area contributed by atoms with E-state index >= 15 is 0 Å². The van der Waals surface area contributed by atoms with Crippen molar-refractivity contribution in [3.05, 3.63) is 46.8 Å². The van der Waals surface area contributed by atoms with Crippen molar-refractivity contribution in [3.63, 3.8) is 0 Å². The quantitative estimate of drug-likeness (QED) is 0.746. The number of ether oxygens (including phenoxy) is 1. The first-order chi connectivity index (χ1) is 13.3. The van der Waals surface area contributed by atoms with Gasteiger partial charge in [-0.2, -0.15) is 4.31 Å². The van der Waals surface area contributed by atoms with Crippen molar-refractivity contribution in [1.82, 2.24) is 4.31 Å². The Kier molecular flexibility index (Phi) is 6.17. The van der Waals surface area contributed by atoms with Gasteiger partial charge in [0.25, 0.3) is 5.91 Å². The first kappa shape index (κ1) is 20.5. The number of methoxy groups -OCH3 is 1. The van der Waals surface area contributed by atoms with Crippen LogP contribution in [0.25, 0.3) is 0 Å². The Labute approximate surface area is 168 Å². The number of hydrogen-bond acceptors (Lipinski definition) is 6. The maximum atomic E-state index is 12.8. The van der Waals surface area contributed by atoms with Crippen molar-refractivity contribution in [3.8, 4) is 0 Å². The van der Waals surface area contributed by atoms with E-state index in [0.717, 1.165) is 30.6 Å². The summed E-state index contributed by atoms with van der Waals surface area (Å²) in [5.41, 5.74) is 0.332. The van der Waals surface area contributed by atoms with E-state index in [2.05, 4.69) is 10.1 Å². The van der Waals surface area contributed by atoms with Crippen molar-refractivity contribution in [2.75, 3.05) is 19.0 Å². The molecule has 1 aliphatic heterocycles. The Morgan fingerprint density at radius 2 is 1.86 bits per heavy atom. The molecule has 3 rings (SSSR count). The molecular weight excluding hydrogens is 400 g/mol. The average Bonchev–Trinajstić information content (AvgIpc) is 3.16. The summed E-state index contributed by atoms with van der Waals surface area (Å²) in [6, 6.07) is 9.06. The van der Waals surface area contributed by atoms with Crippen LogP contribution < -0.4 is 5.32 Å². The van der Waals surface area contributed by atoms with Gasteiger partial charge in [-0.25, -0.2) is 13.2 Å². The number of hydrogen-bond donors (Lipinski definition) is 1. The molecule has 1 amide bonds. The molecule has 150 valence electrons. The van der Waals surface area contributed by atoms with Crippen LogP contribution >= 0.6 is 11.3 Å². The fraction of sp³-hybridized carbons (Fsp3) is 0.368. The summed E-state index contributed by atoms with van der Waals surface area (Å²) in [6.07, 6.45) is 2.75. The van der Waals surface area contributed by atoms with Crippen LogP contribution in [0.15, 0.2) is 41.3 Å². The van der Waals surface area contributed by atoms with Crippen molar-refractivity contribution in [2.24, 2.45) is 0 Å². The first-order valence-electron chi connectivity index (χ1n) is 8.94. The second-order valence-corrected chi connectivity index (χ2v) is 9.57. The molecule has 7 nitrogen and oxygen atoms in total. The highest BCUT2D eigenvalue weighted by molar-refractivity contribution is 7.89. The van der Waals surface area contributed by atoms with Gasteiger partial charge in [0.1, 0.15) is 4.88 Å². The number of esters is 1. The van der Waals surface area contributed by atoms with Gasteiger partial charge in [0.05, 0.1) is 17.0 Å². The van der Waals surface area contributed by atoms with Crippen LogP contribution in [0, 0.1) is 0 Å². The number of thiophene rings is 1. The summed E-state index contributed by atoms with van der Waals surface area (Å²) in [4.78, 5) is 24.4. The predicted octanol–water partition coefficient (Wildman–Crippen LogP) is 3.35. The lowest BCUT2D eigenvalue weighted by atomic mass is 10.1. The molecule has 1 N–H and O–H groups in total. The molecule has 9 heteroatoms. The lowest BCUT2D eigenvalue weighted by molar-refractivity contribution is 0.0606. The van der Waals surface area contributed by atoms with E-state index < -0.39 is 16.0 Å². The fourth-order valence-electron chi connectivity index (χ4n) is 3.14. The molecule has 1 atom stereocenters. The van der Waals surface area contributed by atoms with Crippen LogP contribution in [-0.2, 0) is 14.8 Å². The standard InChI is InChI=1S/C19H22N2O5S2/c1-13-5-3-4-12-21(13)28(24,25)15-8-6-14(7-9-15)18(22)20-17-11-10-16(27-17)19(23)26-2/h6-11,13H,3-5,12H2,1-2H3,(H,20,22). The van der Waals surface area contributed by atoms with Gasteiger partial charge in [-0.3, -0.25) is 4.79 Å². The number of rotatable bonds is 5. The van der Waals surface area contributed by atoms with E-state index in [1.165, 1.54) is 35.7 Å². The topological polar surface area (TPSA) is 92.8 Å². The number of nitrogens with one attached hydrogen (secondary N) is 1. The SMILES string of the molecule is COC(=O)c1ccc(NC(=O)c2ccc(S(=O)(=O)N3CCCCC3C)cc2)s1. The minimum Gasteiger partial charge on any atom is -0.465 e. The second kappa shape index (κ2) is 8.42. The molecule has 28 heavy (non-hydrogen) atoms. The Morgan fingerprint density at radius 3 is 2.50 bits per heavy atom. The number of carbonyl (C=O) groups excluding carboxylic acids is 2. The average molecular weight is 423 g/mol. The molecule has 0 radical (unpaired) electrons.